The van der Waals surface area contributed by atoms with Crippen molar-refractivity contribution in [2.45, 2.75) is 30.7 Å². The molecule has 3 rings (SSSR count). The number of nitrogens with two attached hydrogens (primary N) is 1. The molecule has 0 saturated carbocycles. The van der Waals surface area contributed by atoms with Crippen molar-refractivity contribution in [1.29, 1.82) is 0 Å². The molecule has 0 aromatic heterocycles. The average Bonchev–Trinajstić information content (AvgIpc) is 3.30. The van der Waals surface area contributed by atoms with Gasteiger partial charge in [-0.2, -0.15) is 9.41 Å². The van der Waals surface area contributed by atoms with Crippen LogP contribution in [0, 0.1) is 0 Å². The van der Waals surface area contributed by atoms with E-state index in [1.165, 1.54) is 34.8 Å². The maximum Gasteiger partial charge on any atom is 0.258 e. The highest BCUT2D eigenvalue weighted by Gasteiger charge is 2.39. The second kappa shape index (κ2) is 11.8. The van der Waals surface area contributed by atoms with Crippen molar-refractivity contribution in [3.8, 4) is 11.5 Å². The molecule has 0 aliphatic carbocycles. The van der Waals surface area contributed by atoms with Gasteiger partial charge in [0.1, 0.15) is 6.04 Å². The number of nitrogens with one attached hydrogen (secondary N) is 1. The summed E-state index contributed by atoms with van der Waals surface area (Å²) in [6.07, 6.45) is 2.31. The molecule has 1 atom stereocenters. The van der Waals surface area contributed by atoms with Crippen molar-refractivity contribution in [1.82, 2.24) is 9.73 Å². The zero-order valence-electron chi connectivity index (χ0n) is 18.7. The number of ether oxygens (including phenoxy) is 2. The number of nitrogens with zero attached hydrogens (tertiary/aromatic N) is 2. The van der Waals surface area contributed by atoms with Crippen LogP contribution in [0.2, 0.25) is 5.02 Å². The number of carbonyl (C=O) groups excluding carboxylic acids is 2. The lowest BCUT2D eigenvalue weighted by molar-refractivity contribution is -0.124. The number of amides is 2. The van der Waals surface area contributed by atoms with E-state index in [1.54, 1.807) is 19.1 Å². The van der Waals surface area contributed by atoms with Gasteiger partial charge in [-0.15, -0.1) is 0 Å². The number of primary amides is 1. The van der Waals surface area contributed by atoms with E-state index in [-0.39, 0.29) is 18.0 Å². The van der Waals surface area contributed by atoms with Crippen LogP contribution in [-0.2, 0) is 19.6 Å². The van der Waals surface area contributed by atoms with E-state index < -0.39 is 27.9 Å². The summed E-state index contributed by atoms with van der Waals surface area (Å²) in [5, 5.41) is 4.40. The summed E-state index contributed by atoms with van der Waals surface area (Å²) < 4.78 is 38.7. The van der Waals surface area contributed by atoms with E-state index in [2.05, 4.69) is 26.5 Å². The van der Waals surface area contributed by atoms with Gasteiger partial charge >= 0.3 is 0 Å². The number of hydrogen-bond acceptors (Lipinski definition) is 7. The fourth-order valence-electron chi connectivity index (χ4n) is 3.49. The first kappa shape index (κ1) is 26.9. The molecular formula is C22H24BrClN4O6S. The van der Waals surface area contributed by atoms with Gasteiger partial charge < -0.3 is 15.2 Å². The van der Waals surface area contributed by atoms with Crippen LogP contribution in [0.15, 0.2) is 50.9 Å². The molecule has 2 amide bonds. The highest BCUT2D eigenvalue weighted by molar-refractivity contribution is 9.10. The Morgan fingerprint density at radius 3 is 2.66 bits per heavy atom. The fourth-order valence-corrected chi connectivity index (χ4v) is 5.84. The number of rotatable bonds is 10. The third kappa shape index (κ3) is 6.72. The summed E-state index contributed by atoms with van der Waals surface area (Å²) in [4.78, 5) is 23.9. The Kier molecular flexibility index (Phi) is 9.11. The topological polar surface area (TPSA) is 140 Å². The Hall–Kier alpha value is -2.67. The van der Waals surface area contributed by atoms with Crippen LogP contribution in [-0.4, -0.2) is 56.6 Å². The van der Waals surface area contributed by atoms with E-state index in [0.29, 0.717) is 46.0 Å². The Morgan fingerprint density at radius 1 is 1.29 bits per heavy atom. The summed E-state index contributed by atoms with van der Waals surface area (Å²) in [6.45, 7) is 2.04. The average molecular weight is 588 g/mol. The van der Waals surface area contributed by atoms with E-state index in [4.69, 9.17) is 26.8 Å². The molecule has 0 unspecified atom stereocenters. The zero-order valence-corrected chi connectivity index (χ0v) is 21.9. The van der Waals surface area contributed by atoms with Crippen LogP contribution < -0.4 is 20.6 Å². The summed E-state index contributed by atoms with van der Waals surface area (Å²) in [6, 6.07) is 8.18. The van der Waals surface area contributed by atoms with Gasteiger partial charge in [-0.3, -0.25) is 9.59 Å². The molecule has 10 nitrogen and oxygen atoms in total. The van der Waals surface area contributed by atoms with Gasteiger partial charge in [-0.25, -0.2) is 13.8 Å². The monoisotopic (exact) mass is 586 g/mol. The lowest BCUT2D eigenvalue weighted by Gasteiger charge is -2.22. The number of hydrogen-bond donors (Lipinski definition) is 2. The number of halogens is 2. The minimum Gasteiger partial charge on any atom is -0.490 e. The minimum absolute atomic E-state index is 0.0667. The predicted molar refractivity (Wildman–Crippen MR) is 134 cm³/mol. The number of sulfonamides is 1. The van der Waals surface area contributed by atoms with Crippen LogP contribution in [0.4, 0.5) is 0 Å². The molecule has 2 aromatic rings. The SMILES string of the molecule is CCOc1cc(/C=N\NC(=O)[C@H]2CCCN2S(=O)(=O)c2ccc(Cl)cc2)cc(Br)c1OCC(N)=O. The molecule has 1 fully saturated rings. The molecule has 188 valence electrons. The van der Waals surface area contributed by atoms with Gasteiger partial charge in [0, 0.05) is 11.6 Å². The standard InChI is InChI=1S/C22H24BrClN4O6S/c1-2-33-19-11-14(10-17(23)21(19)34-13-20(25)29)12-26-27-22(30)18-4-3-9-28(18)35(31,32)16-7-5-15(24)6-8-16/h5-8,10-12,18H,2-4,9,13H2,1H3,(H2,25,29)(H,27,30)/b26-12-/t18-/m1/s1. The van der Waals surface area contributed by atoms with Crippen molar-refractivity contribution < 1.29 is 27.5 Å². The Balaban J connectivity index is 1.72. The van der Waals surface area contributed by atoms with E-state index >= 15 is 0 Å². The van der Waals surface area contributed by atoms with Crippen molar-refractivity contribution in [3.05, 3.63) is 51.5 Å². The molecule has 0 spiro atoms. The first-order valence-corrected chi connectivity index (χ1v) is 13.2. The molecule has 1 saturated heterocycles. The number of hydrazone groups is 1. The highest BCUT2D eigenvalue weighted by Crippen LogP contribution is 2.36. The van der Waals surface area contributed by atoms with E-state index in [1.807, 2.05) is 0 Å². The minimum atomic E-state index is -3.87. The smallest absolute Gasteiger partial charge is 0.258 e. The molecule has 13 heteroatoms. The first-order chi connectivity index (χ1) is 16.6. The lowest BCUT2D eigenvalue weighted by Crippen LogP contribution is -2.44. The van der Waals surface area contributed by atoms with Gasteiger partial charge in [0.25, 0.3) is 11.8 Å². The van der Waals surface area contributed by atoms with Crippen molar-refractivity contribution in [3.63, 3.8) is 0 Å². The third-order valence-corrected chi connectivity index (χ3v) is 7.77. The molecule has 2 aromatic carbocycles. The van der Waals surface area contributed by atoms with Gasteiger partial charge in [0.15, 0.2) is 18.1 Å². The maximum absolute atomic E-state index is 13.0. The Bertz CT molecular complexity index is 1220. The molecule has 0 radical (unpaired) electrons. The number of carbonyl (C=O) groups is 2. The first-order valence-electron chi connectivity index (χ1n) is 10.6. The molecule has 35 heavy (non-hydrogen) atoms. The van der Waals surface area contributed by atoms with Gasteiger partial charge in [0.05, 0.1) is 22.2 Å². The van der Waals surface area contributed by atoms with E-state index in [0.717, 1.165) is 0 Å². The quantitative estimate of drug-likeness (QED) is 0.324. The fraction of sp³-hybridized carbons (Fsp3) is 0.318. The van der Waals surface area contributed by atoms with Crippen LogP contribution >= 0.6 is 27.5 Å². The highest BCUT2D eigenvalue weighted by atomic mass is 79.9. The summed E-state index contributed by atoms with van der Waals surface area (Å²) in [5.41, 5.74) is 8.11. The molecule has 3 N–H and O–H groups in total. The zero-order chi connectivity index (χ0) is 25.6. The summed E-state index contributed by atoms with van der Waals surface area (Å²) >= 11 is 9.22. The maximum atomic E-state index is 13.0. The van der Waals surface area contributed by atoms with Crippen molar-refractivity contribution in [2.24, 2.45) is 10.8 Å². The Morgan fingerprint density at radius 2 is 2.00 bits per heavy atom. The van der Waals surface area contributed by atoms with E-state index in [9.17, 15) is 18.0 Å². The molecule has 1 aliphatic heterocycles. The lowest BCUT2D eigenvalue weighted by atomic mass is 10.2. The summed E-state index contributed by atoms with van der Waals surface area (Å²) in [7, 11) is -3.87. The normalized spacial score (nSPS) is 16.4. The largest absolute Gasteiger partial charge is 0.490 e. The van der Waals surface area contributed by atoms with Gasteiger partial charge in [-0.05, 0) is 77.7 Å². The number of benzene rings is 2. The third-order valence-electron chi connectivity index (χ3n) is 5.01. The van der Waals surface area contributed by atoms with Crippen molar-refractivity contribution >= 4 is 55.6 Å². The molecule has 1 aliphatic rings. The van der Waals surface area contributed by atoms with Gasteiger partial charge in [-0.1, -0.05) is 11.6 Å². The second-order valence-electron chi connectivity index (χ2n) is 7.48. The van der Waals surface area contributed by atoms with Crippen LogP contribution in [0.5, 0.6) is 11.5 Å². The Labute approximate surface area is 216 Å². The molecular weight excluding hydrogens is 564 g/mol. The van der Waals surface area contributed by atoms with Crippen molar-refractivity contribution in [2.75, 3.05) is 19.8 Å². The van der Waals surface area contributed by atoms with Crippen LogP contribution in [0.3, 0.4) is 0 Å². The van der Waals surface area contributed by atoms with Crippen LogP contribution in [0.25, 0.3) is 0 Å². The second-order valence-corrected chi connectivity index (χ2v) is 10.7. The summed E-state index contributed by atoms with van der Waals surface area (Å²) in [5.74, 6) is -0.513. The molecule has 1 heterocycles. The predicted octanol–water partition coefficient (Wildman–Crippen LogP) is 2.67. The van der Waals surface area contributed by atoms with Crippen LogP contribution in [0.1, 0.15) is 25.3 Å². The van der Waals surface area contributed by atoms with Gasteiger partial charge in [0.2, 0.25) is 10.0 Å². The molecule has 0 bridgehead atoms.